The van der Waals surface area contributed by atoms with E-state index in [0.717, 1.165) is 0 Å². The molecule has 0 bridgehead atoms. The molecule has 0 spiro atoms. The largest absolute Gasteiger partial charge is 0.482 e. The van der Waals surface area contributed by atoms with Crippen LogP contribution in [0.5, 0.6) is 5.75 Å². The number of nitrogens with zero attached hydrogens (tertiary/aromatic N) is 1. The topological polar surface area (TPSA) is 119 Å². The Morgan fingerprint density at radius 3 is 2.70 bits per heavy atom. The standard InChI is InChI=1S/C21H15ClN2O6/c1-12(21(27)24-15-5-2-14(10-23)17(22)8-15)29-20(26)11-28-16-6-3-13-4-7-19(25)30-18(13)9-16/h2-9,12H,11H2,1H3,(H,24,27). The normalized spacial score (nSPS) is 11.4. The van der Waals surface area contributed by atoms with Gasteiger partial charge in [0.2, 0.25) is 0 Å². The number of rotatable bonds is 6. The van der Waals surface area contributed by atoms with Gasteiger partial charge < -0.3 is 19.2 Å². The first-order valence-electron chi connectivity index (χ1n) is 8.72. The number of hydrogen-bond acceptors (Lipinski definition) is 7. The average Bonchev–Trinajstić information content (AvgIpc) is 2.72. The molecule has 1 amide bonds. The van der Waals surface area contributed by atoms with E-state index in [9.17, 15) is 14.4 Å². The molecule has 3 aromatic rings. The Bertz CT molecular complexity index is 1210. The second-order valence-electron chi connectivity index (χ2n) is 6.17. The Balaban J connectivity index is 1.54. The Morgan fingerprint density at radius 1 is 1.20 bits per heavy atom. The first-order valence-corrected chi connectivity index (χ1v) is 9.10. The first kappa shape index (κ1) is 20.9. The van der Waals surface area contributed by atoms with Crippen LogP contribution in [-0.4, -0.2) is 24.6 Å². The summed E-state index contributed by atoms with van der Waals surface area (Å²) in [7, 11) is 0. The molecule has 152 valence electrons. The van der Waals surface area contributed by atoms with Crippen LogP contribution < -0.4 is 15.7 Å². The number of fused-ring (bicyclic) bond motifs is 1. The van der Waals surface area contributed by atoms with Crippen LogP contribution >= 0.6 is 11.6 Å². The fourth-order valence-electron chi connectivity index (χ4n) is 2.49. The highest BCUT2D eigenvalue weighted by Gasteiger charge is 2.19. The maximum absolute atomic E-state index is 12.2. The number of anilines is 1. The molecule has 1 heterocycles. The van der Waals surface area contributed by atoms with Gasteiger partial charge in [0.25, 0.3) is 5.91 Å². The lowest BCUT2D eigenvalue weighted by Crippen LogP contribution is -2.31. The van der Waals surface area contributed by atoms with Gasteiger partial charge in [-0.25, -0.2) is 9.59 Å². The molecule has 0 saturated heterocycles. The second-order valence-corrected chi connectivity index (χ2v) is 6.58. The van der Waals surface area contributed by atoms with E-state index in [1.54, 1.807) is 18.2 Å². The van der Waals surface area contributed by atoms with Crippen LogP contribution in [0.15, 0.2) is 57.7 Å². The molecular formula is C21H15ClN2O6. The van der Waals surface area contributed by atoms with E-state index in [2.05, 4.69) is 5.32 Å². The molecule has 1 atom stereocenters. The Kier molecular flexibility index (Phi) is 6.35. The minimum absolute atomic E-state index is 0.194. The third-order valence-electron chi connectivity index (χ3n) is 3.99. The molecule has 30 heavy (non-hydrogen) atoms. The zero-order valence-corrected chi connectivity index (χ0v) is 16.4. The van der Waals surface area contributed by atoms with E-state index in [1.807, 2.05) is 6.07 Å². The zero-order valence-electron chi connectivity index (χ0n) is 15.7. The zero-order chi connectivity index (χ0) is 21.7. The van der Waals surface area contributed by atoms with Gasteiger partial charge in [-0.15, -0.1) is 0 Å². The van der Waals surface area contributed by atoms with Gasteiger partial charge in [0.05, 0.1) is 10.6 Å². The Hall–Kier alpha value is -3.83. The molecular weight excluding hydrogens is 412 g/mol. The lowest BCUT2D eigenvalue weighted by molar-refractivity contribution is -0.155. The van der Waals surface area contributed by atoms with Gasteiger partial charge in [-0.3, -0.25) is 4.79 Å². The fraction of sp³-hybridized carbons (Fsp3) is 0.143. The van der Waals surface area contributed by atoms with Gasteiger partial charge in [-0.1, -0.05) is 11.6 Å². The van der Waals surface area contributed by atoms with Crippen LogP contribution in [0, 0.1) is 11.3 Å². The van der Waals surface area contributed by atoms with E-state index in [4.69, 9.17) is 30.8 Å². The molecule has 1 unspecified atom stereocenters. The first-order chi connectivity index (χ1) is 14.4. The van der Waals surface area contributed by atoms with Crippen molar-refractivity contribution < 1.29 is 23.5 Å². The summed E-state index contributed by atoms with van der Waals surface area (Å²) in [4.78, 5) is 35.5. The highest BCUT2D eigenvalue weighted by atomic mass is 35.5. The summed E-state index contributed by atoms with van der Waals surface area (Å²) in [6.07, 6.45) is -1.09. The third kappa shape index (κ3) is 5.16. The number of carbonyl (C=O) groups is 2. The maximum Gasteiger partial charge on any atom is 0.344 e. The monoisotopic (exact) mass is 426 g/mol. The molecule has 2 aromatic carbocycles. The summed E-state index contributed by atoms with van der Waals surface area (Å²) in [5, 5.41) is 12.3. The average molecular weight is 427 g/mol. The fourth-order valence-corrected chi connectivity index (χ4v) is 2.71. The summed E-state index contributed by atoms with van der Waals surface area (Å²) in [6, 6.07) is 14.0. The van der Waals surface area contributed by atoms with E-state index < -0.39 is 30.2 Å². The van der Waals surface area contributed by atoms with Crippen molar-refractivity contribution in [2.45, 2.75) is 13.0 Å². The molecule has 0 aliphatic heterocycles. The maximum atomic E-state index is 12.2. The summed E-state index contributed by atoms with van der Waals surface area (Å²) in [5.74, 6) is -1.03. The minimum atomic E-state index is -1.09. The summed E-state index contributed by atoms with van der Waals surface area (Å²) >= 11 is 5.92. The molecule has 0 saturated carbocycles. The molecule has 0 radical (unpaired) electrons. The number of hydrogen-bond donors (Lipinski definition) is 1. The van der Waals surface area contributed by atoms with E-state index in [-0.39, 0.29) is 10.6 Å². The molecule has 1 N–H and O–H groups in total. The van der Waals surface area contributed by atoms with Crippen molar-refractivity contribution in [2.24, 2.45) is 0 Å². The SMILES string of the molecule is CC(OC(=O)COc1ccc2ccc(=O)oc2c1)C(=O)Nc1ccc(C#N)c(Cl)c1. The summed E-state index contributed by atoms with van der Waals surface area (Å²) < 4.78 is 15.4. The molecule has 1 aromatic heterocycles. The third-order valence-corrected chi connectivity index (χ3v) is 4.30. The predicted octanol–water partition coefficient (Wildman–Crippen LogP) is 3.27. The molecule has 8 nitrogen and oxygen atoms in total. The summed E-state index contributed by atoms with van der Waals surface area (Å²) in [5.41, 5.74) is 0.463. The molecule has 0 aliphatic rings. The Labute approximate surface area is 175 Å². The van der Waals surface area contributed by atoms with Crippen LogP contribution in [0.3, 0.4) is 0 Å². The van der Waals surface area contributed by atoms with Crippen molar-refractivity contribution in [2.75, 3.05) is 11.9 Å². The van der Waals surface area contributed by atoms with Crippen molar-refractivity contribution in [3.05, 3.63) is 69.5 Å². The van der Waals surface area contributed by atoms with Crippen molar-refractivity contribution in [1.29, 1.82) is 5.26 Å². The lowest BCUT2D eigenvalue weighted by Gasteiger charge is -2.14. The predicted molar refractivity (Wildman–Crippen MR) is 108 cm³/mol. The number of benzene rings is 2. The number of carbonyl (C=O) groups excluding carboxylic acids is 2. The smallest absolute Gasteiger partial charge is 0.344 e. The number of amides is 1. The van der Waals surface area contributed by atoms with Crippen LogP contribution in [-0.2, 0) is 14.3 Å². The summed E-state index contributed by atoms with van der Waals surface area (Å²) in [6.45, 7) is 0.964. The molecule has 9 heteroatoms. The lowest BCUT2D eigenvalue weighted by atomic mass is 10.2. The number of nitrogens with one attached hydrogen (secondary N) is 1. The molecule has 3 rings (SSSR count). The van der Waals surface area contributed by atoms with E-state index in [1.165, 1.54) is 37.3 Å². The van der Waals surface area contributed by atoms with Crippen molar-refractivity contribution in [3.63, 3.8) is 0 Å². The number of nitriles is 1. The van der Waals surface area contributed by atoms with Crippen molar-refractivity contribution in [3.8, 4) is 11.8 Å². The van der Waals surface area contributed by atoms with Crippen LogP contribution in [0.4, 0.5) is 5.69 Å². The van der Waals surface area contributed by atoms with E-state index >= 15 is 0 Å². The van der Waals surface area contributed by atoms with Crippen LogP contribution in [0.2, 0.25) is 5.02 Å². The van der Waals surface area contributed by atoms with Gasteiger partial charge in [0, 0.05) is 23.2 Å². The quantitative estimate of drug-likeness (QED) is 0.474. The van der Waals surface area contributed by atoms with E-state index in [0.29, 0.717) is 22.4 Å². The van der Waals surface area contributed by atoms with Gasteiger partial charge in [-0.05, 0) is 43.3 Å². The number of ether oxygens (including phenoxy) is 2. The minimum Gasteiger partial charge on any atom is -0.482 e. The number of esters is 1. The van der Waals surface area contributed by atoms with Gasteiger partial charge in [-0.2, -0.15) is 5.26 Å². The molecule has 0 fully saturated rings. The van der Waals surface area contributed by atoms with Crippen LogP contribution in [0.25, 0.3) is 11.0 Å². The second kappa shape index (κ2) is 9.11. The van der Waals surface area contributed by atoms with Gasteiger partial charge in [0.1, 0.15) is 17.4 Å². The van der Waals surface area contributed by atoms with Gasteiger partial charge in [0.15, 0.2) is 12.7 Å². The highest BCUT2D eigenvalue weighted by Crippen LogP contribution is 2.21. The highest BCUT2D eigenvalue weighted by molar-refractivity contribution is 6.32. The van der Waals surface area contributed by atoms with Crippen molar-refractivity contribution >= 4 is 40.1 Å². The van der Waals surface area contributed by atoms with Gasteiger partial charge >= 0.3 is 11.6 Å². The van der Waals surface area contributed by atoms with Crippen LogP contribution in [0.1, 0.15) is 12.5 Å². The van der Waals surface area contributed by atoms with Crippen molar-refractivity contribution in [1.82, 2.24) is 0 Å². The Morgan fingerprint density at radius 2 is 1.97 bits per heavy atom. The number of halogens is 1. The molecule has 0 aliphatic carbocycles.